The molecule has 100 valence electrons. The number of carbonyl (C=O) groups is 1. The normalized spacial score (nSPS) is 17.1. The SMILES string of the molecule is COCc1cc(C(=O)N2CCC(CO)CC2)no1. The highest BCUT2D eigenvalue weighted by Gasteiger charge is 2.25. The highest BCUT2D eigenvalue weighted by atomic mass is 16.5. The molecule has 1 N–H and O–H groups in total. The monoisotopic (exact) mass is 254 g/mol. The van der Waals surface area contributed by atoms with Crippen LogP contribution in [0.15, 0.2) is 10.6 Å². The molecular formula is C12H18N2O4. The smallest absolute Gasteiger partial charge is 0.276 e. The summed E-state index contributed by atoms with van der Waals surface area (Å²) in [5, 5.41) is 12.8. The van der Waals surface area contributed by atoms with E-state index in [0.717, 1.165) is 12.8 Å². The van der Waals surface area contributed by atoms with Gasteiger partial charge in [0.1, 0.15) is 6.61 Å². The van der Waals surface area contributed by atoms with E-state index >= 15 is 0 Å². The molecule has 0 saturated carbocycles. The topological polar surface area (TPSA) is 75.8 Å². The van der Waals surface area contributed by atoms with E-state index < -0.39 is 0 Å². The van der Waals surface area contributed by atoms with E-state index in [9.17, 15) is 4.79 Å². The highest BCUT2D eigenvalue weighted by Crippen LogP contribution is 2.18. The zero-order chi connectivity index (χ0) is 13.0. The molecule has 0 aromatic carbocycles. The maximum atomic E-state index is 12.1. The highest BCUT2D eigenvalue weighted by molar-refractivity contribution is 5.92. The molecular weight excluding hydrogens is 236 g/mol. The number of hydrogen-bond acceptors (Lipinski definition) is 5. The fourth-order valence-corrected chi connectivity index (χ4v) is 2.10. The lowest BCUT2D eigenvalue weighted by atomic mass is 9.98. The third kappa shape index (κ3) is 2.88. The van der Waals surface area contributed by atoms with E-state index in [1.54, 1.807) is 18.1 Å². The summed E-state index contributed by atoms with van der Waals surface area (Å²) in [4.78, 5) is 13.9. The van der Waals surface area contributed by atoms with Gasteiger partial charge in [0.25, 0.3) is 5.91 Å². The van der Waals surface area contributed by atoms with Crippen molar-refractivity contribution in [1.82, 2.24) is 10.1 Å². The summed E-state index contributed by atoms with van der Waals surface area (Å²) < 4.78 is 9.91. The number of aliphatic hydroxyl groups is 1. The van der Waals surface area contributed by atoms with Gasteiger partial charge in [-0.05, 0) is 18.8 Å². The van der Waals surface area contributed by atoms with Crippen LogP contribution in [-0.2, 0) is 11.3 Å². The van der Waals surface area contributed by atoms with Crippen molar-refractivity contribution in [1.29, 1.82) is 0 Å². The molecule has 1 fully saturated rings. The molecule has 6 heteroatoms. The number of aliphatic hydroxyl groups excluding tert-OH is 1. The van der Waals surface area contributed by atoms with E-state index in [4.69, 9.17) is 14.4 Å². The molecule has 6 nitrogen and oxygen atoms in total. The molecule has 0 aliphatic carbocycles. The second-order valence-corrected chi connectivity index (χ2v) is 4.53. The number of amides is 1. The second-order valence-electron chi connectivity index (χ2n) is 4.53. The molecule has 1 saturated heterocycles. The molecule has 0 unspecified atom stereocenters. The van der Waals surface area contributed by atoms with E-state index in [0.29, 0.717) is 37.1 Å². The lowest BCUT2D eigenvalue weighted by molar-refractivity contribution is 0.0640. The van der Waals surface area contributed by atoms with Crippen LogP contribution in [-0.4, -0.2) is 47.9 Å². The van der Waals surface area contributed by atoms with Gasteiger partial charge in [-0.1, -0.05) is 5.16 Å². The van der Waals surface area contributed by atoms with Crippen molar-refractivity contribution in [2.24, 2.45) is 5.92 Å². The molecule has 2 heterocycles. The van der Waals surface area contributed by atoms with Gasteiger partial charge in [0.05, 0.1) is 0 Å². The first-order chi connectivity index (χ1) is 8.74. The summed E-state index contributed by atoms with van der Waals surface area (Å²) in [5.74, 6) is 0.749. The van der Waals surface area contributed by atoms with Crippen LogP contribution in [0.2, 0.25) is 0 Å². The Morgan fingerprint density at radius 1 is 1.61 bits per heavy atom. The molecule has 1 aromatic heterocycles. The first-order valence-corrected chi connectivity index (χ1v) is 6.09. The van der Waals surface area contributed by atoms with Crippen LogP contribution in [0, 0.1) is 5.92 Å². The summed E-state index contributed by atoms with van der Waals surface area (Å²) in [7, 11) is 1.56. The molecule has 1 aliphatic rings. The van der Waals surface area contributed by atoms with Gasteiger partial charge in [-0.15, -0.1) is 0 Å². The molecule has 2 rings (SSSR count). The maximum absolute atomic E-state index is 12.1. The summed E-state index contributed by atoms with van der Waals surface area (Å²) in [6, 6.07) is 1.62. The summed E-state index contributed by atoms with van der Waals surface area (Å²) >= 11 is 0. The summed E-state index contributed by atoms with van der Waals surface area (Å²) in [6.07, 6.45) is 1.68. The van der Waals surface area contributed by atoms with Gasteiger partial charge in [0, 0.05) is 32.9 Å². The van der Waals surface area contributed by atoms with E-state index in [-0.39, 0.29) is 12.5 Å². The Morgan fingerprint density at radius 2 is 2.33 bits per heavy atom. The minimum atomic E-state index is -0.113. The number of ether oxygens (including phenoxy) is 1. The van der Waals surface area contributed by atoms with Crippen molar-refractivity contribution in [3.8, 4) is 0 Å². The minimum absolute atomic E-state index is 0.113. The largest absolute Gasteiger partial charge is 0.396 e. The van der Waals surface area contributed by atoms with Crippen molar-refractivity contribution < 1.29 is 19.2 Å². The standard InChI is InChI=1S/C12H18N2O4/c1-17-8-10-6-11(13-18-10)12(16)14-4-2-9(7-15)3-5-14/h6,9,15H,2-5,7-8H2,1H3. The number of carbonyl (C=O) groups excluding carboxylic acids is 1. The fourth-order valence-electron chi connectivity index (χ4n) is 2.10. The van der Waals surface area contributed by atoms with Crippen LogP contribution < -0.4 is 0 Å². The van der Waals surface area contributed by atoms with Crippen LogP contribution in [0.5, 0.6) is 0 Å². The molecule has 0 radical (unpaired) electrons. The number of nitrogens with zero attached hydrogens (tertiary/aromatic N) is 2. The number of piperidine rings is 1. The van der Waals surface area contributed by atoms with Crippen LogP contribution in [0.4, 0.5) is 0 Å². The van der Waals surface area contributed by atoms with Crippen molar-refractivity contribution >= 4 is 5.91 Å². The van der Waals surface area contributed by atoms with Gasteiger partial charge in [0.2, 0.25) is 0 Å². The number of likely N-dealkylation sites (tertiary alicyclic amines) is 1. The number of aromatic nitrogens is 1. The Labute approximate surface area is 106 Å². The Bertz CT molecular complexity index is 397. The zero-order valence-electron chi connectivity index (χ0n) is 10.5. The third-order valence-electron chi connectivity index (χ3n) is 3.22. The lowest BCUT2D eigenvalue weighted by Gasteiger charge is -2.30. The van der Waals surface area contributed by atoms with Gasteiger partial charge >= 0.3 is 0 Å². The first-order valence-electron chi connectivity index (χ1n) is 6.09. The lowest BCUT2D eigenvalue weighted by Crippen LogP contribution is -2.39. The molecule has 1 aromatic rings. The summed E-state index contributed by atoms with van der Waals surface area (Å²) in [5.41, 5.74) is 0.324. The molecule has 18 heavy (non-hydrogen) atoms. The quantitative estimate of drug-likeness (QED) is 0.854. The van der Waals surface area contributed by atoms with Crippen LogP contribution in [0.25, 0.3) is 0 Å². The van der Waals surface area contributed by atoms with Crippen molar-refractivity contribution in [3.05, 3.63) is 17.5 Å². The Balaban J connectivity index is 1.94. The van der Waals surface area contributed by atoms with E-state index in [2.05, 4.69) is 5.16 Å². The fraction of sp³-hybridized carbons (Fsp3) is 0.667. The number of methoxy groups -OCH3 is 1. The van der Waals surface area contributed by atoms with E-state index in [1.807, 2.05) is 0 Å². The molecule has 0 bridgehead atoms. The average molecular weight is 254 g/mol. The van der Waals surface area contributed by atoms with Crippen LogP contribution in [0.3, 0.4) is 0 Å². The Morgan fingerprint density at radius 3 is 2.94 bits per heavy atom. The maximum Gasteiger partial charge on any atom is 0.276 e. The van der Waals surface area contributed by atoms with Gasteiger partial charge in [-0.3, -0.25) is 4.79 Å². The van der Waals surface area contributed by atoms with Crippen molar-refractivity contribution in [3.63, 3.8) is 0 Å². The number of rotatable bonds is 4. The minimum Gasteiger partial charge on any atom is -0.396 e. The van der Waals surface area contributed by atoms with Crippen molar-refractivity contribution in [2.45, 2.75) is 19.4 Å². The molecule has 0 spiro atoms. The van der Waals surface area contributed by atoms with Crippen molar-refractivity contribution in [2.75, 3.05) is 26.8 Å². The van der Waals surface area contributed by atoms with E-state index in [1.165, 1.54) is 0 Å². The molecule has 0 atom stereocenters. The van der Waals surface area contributed by atoms with Crippen LogP contribution >= 0.6 is 0 Å². The van der Waals surface area contributed by atoms with Gasteiger partial charge < -0.3 is 19.3 Å². The Hall–Kier alpha value is -1.40. The predicted molar refractivity (Wildman–Crippen MR) is 62.9 cm³/mol. The third-order valence-corrected chi connectivity index (χ3v) is 3.22. The van der Waals surface area contributed by atoms with Crippen LogP contribution in [0.1, 0.15) is 29.1 Å². The summed E-state index contributed by atoms with van der Waals surface area (Å²) in [6.45, 7) is 1.84. The molecule has 1 aliphatic heterocycles. The average Bonchev–Trinajstić information content (AvgIpc) is 2.87. The first kappa shape index (κ1) is 13.0. The van der Waals surface area contributed by atoms with Gasteiger partial charge in [-0.25, -0.2) is 0 Å². The predicted octanol–water partition coefficient (Wildman–Crippen LogP) is 0.665. The number of hydrogen-bond donors (Lipinski definition) is 1. The molecule has 1 amide bonds. The second kappa shape index (κ2) is 5.97. The Kier molecular flexibility index (Phi) is 4.33. The zero-order valence-corrected chi connectivity index (χ0v) is 10.5. The van der Waals surface area contributed by atoms with Gasteiger partial charge in [0.15, 0.2) is 11.5 Å². The van der Waals surface area contributed by atoms with Gasteiger partial charge in [-0.2, -0.15) is 0 Å².